The summed E-state index contributed by atoms with van der Waals surface area (Å²) >= 11 is 0. The zero-order valence-electron chi connectivity index (χ0n) is 34.5. The molecule has 58 heavy (non-hydrogen) atoms. The number of hydrogen-bond acceptors (Lipinski definition) is 2. The van der Waals surface area contributed by atoms with E-state index in [2.05, 4.69) is 170 Å². The van der Waals surface area contributed by atoms with E-state index in [4.69, 9.17) is 0 Å². The molecule has 0 aliphatic heterocycles. The summed E-state index contributed by atoms with van der Waals surface area (Å²) in [6.45, 7) is 23.8. The molecule has 0 aliphatic carbocycles. The van der Waals surface area contributed by atoms with E-state index in [9.17, 15) is 0 Å². The molecule has 0 bridgehead atoms. The molecule has 0 saturated heterocycles. The quantitative estimate of drug-likeness (QED) is 0.101. The first-order chi connectivity index (χ1) is 28.3. The molecule has 0 saturated carbocycles. The summed E-state index contributed by atoms with van der Waals surface area (Å²) in [5.74, 6) is 0. The molecule has 0 heterocycles. The van der Waals surface area contributed by atoms with E-state index >= 15 is 0 Å². The normalized spacial score (nSPS) is 12.1. The van der Waals surface area contributed by atoms with Gasteiger partial charge in [-0.3, -0.25) is 0 Å². The van der Waals surface area contributed by atoms with Crippen LogP contribution in [0, 0.1) is 0 Å². The Bertz CT molecular complexity index is 2220. The molecule has 0 radical (unpaired) electrons. The lowest BCUT2D eigenvalue weighted by Gasteiger charge is -2.26. The zero-order valence-corrected chi connectivity index (χ0v) is 34.5. The second kappa shape index (κ2) is 23.7. The number of hydrogen-bond donors (Lipinski definition) is 1. The van der Waals surface area contributed by atoms with Gasteiger partial charge < -0.3 is 10.2 Å². The summed E-state index contributed by atoms with van der Waals surface area (Å²) in [5, 5.41) is 3.52. The molecule has 0 amide bonds. The van der Waals surface area contributed by atoms with Crippen molar-refractivity contribution in [1.82, 2.24) is 5.32 Å². The Morgan fingerprint density at radius 2 is 0.966 bits per heavy atom. The first-order valence-electron chi connectivity index (χ1n) is 19.6. The number of anilines is 3. The van der Waals surface area contributed by atoms with Crippen LogP contribution in [0.3, 0.4) is 0 Å². The molecule has 5 rings (SSSR count). The standard InChI is InChI=1S/C49H46N2.C7H10/c1-7-10-17-44(37(4)5)36-46(9-3)50-45(8-2)29-22-38(6)39-23-30-47(31-24-39)51(48-32-25-42(26-33-48)40-18-13-11-14-19-40)49-34-27-43(28-35-49)41-20-15-12-16-21-41;1-3-5-7-6-4-2/h7-36,50H,1,4,6H2,2-3,5H3;3-7H,1H2,2H3/b17-10-,29-22-,44-36-,45-8+,46-9+;6-4-,7-5-. The van der Waals surface area contributed by atoms with Crippen LogP contribution in [0.25, 0.3) is 27.8 Å². The van der Waals surface area contributed by atoms with Crippen LogP contribution in [0.15, 0.2) is 261 Å². The van der Waals surface area contributed by atoms with Crippen molar-refractivity contribution in [3.8, 4) is 22.3 Å². The van der Waals surface area contributed by atoms with Gasteiger partial charge in [0.2, 0.25) is 0 Å². The Morgan fingerprint density at radius 1 is 0.500 bits per heavy atom. The van der Waals surface area contributed by atoms with Gasteiger partial charge in [0.15, 0.2) is 0 Å². The van der Waals surface area contributed by atoms with E-state index in [1.807, 2.05) is 94.5 Å². The predicted octanol–water partition coefficient (Wildman–Crippen LogP) is 16.0. The molecule has 0 aromatic heterocycles. The van der Waals surface area contributed by atoms with Crippen molar-refractivity contribution in [2.24, 2.45) is 0 Å². The van der Waals surface area contributed by atoms with Gasteiger partial charge in [0.05, 0.1) is 0 Å². The van der Waals surface area contributed by atoms with Gasteiger partial charge in [-0.25, -0.2) is 0 Å². The second-order valence-electron chi connectivity index (χ2n) is 13.3. The summed E-state index contributed by atoms with van der Waals surface area (Å²) in [6.07, 6.45) is 25.5. The molecular weight excluding hydrogens is 701 g/mol. The highest BCUT2D eigenvalue weighted by molar-refractivity contribution is 5.81. The molecule has 2 nitrogen and oxygen atoms in total. The first kappa shape index (κ1) is 43.6. The SMILES string of the molecule is C=C/C=C\C=C/C.C=C\C=C/C(=C/C(=C\C)NC(/C=C\C(=C)c1ccc(N(c2ccc(-c3ccccc3)cc2)c2ccc(-c3ccccc3)cc2)cc1)=C/C)C(=C)C. The van der Waals surface area contributed by atoms with E-state index in [0.717, 1.165) is 50.7 Å². The summed E-state index contributed by atoms with van der Waals surface area (Å²) in [4.78, 5) is 2.30. The molecule has 1 N–H and O–H groups in total. The van der Waals surface area contributed by atoms with Crippen LogP contribution in [0.5, 0.6) is 0 Å². The summed E-state index contributed by atoms with van der Waals surface area (Å²) in [7, 11) is 0. The van der Waals surface area contributed by atoms with E-state index < -0.39 is 0 Å². The van der Waals surface area contributed by atoms with Crippen LogP contribution in [0.4, 0.5) is 17.1 Å². The second-order valence-corrected chi connectivity index (χ2v) is 13.3. The van der Waals surface area contributed by atoms with Crippen LogP contribution in [-0.2, 0) is 0 Å². The van der Waals surface area contributed by atoms with E-state index in [-0.39, 0.29) is 0 Å². The number of nitrogens with one attached hydrogen (secondary N) is 1. The number of nitrogens with zero attached hydrogens (tertiary/aromatic N) is 1. The summed E-state index contributed by atoms with van der Waals surface area (Å²) in [5.41, 5.74) is 13.9. The minimum absolute atomic E-state index is 0.919. The third-order valence-electron chi connectivity index (χ3n) is 9.10. The Labute approximate surface area is 348 Å². The highest BCUT2D eigenvalue weighted by Crippen LogP contribution is 2.37. The Balaban J connectivity index is 0.000000973. The number of benzene rings is 5. The molecule has 0 atom stereocenters. The minimum Gasteiger partial charge on any atom is -0.356 e. The molecular formula is C56H56N2. The van der Waals surface area contributed by atoms with Crippen LogP contribution in [-0.4, -0.2) is 0 Å². The lowest BCUT2D eigenvalue weighted by Crippen LogP contribution is -2.10. The molecule has 0 spiro atoms. The third-order valence-corrected chi connectivity index (χ3v) is 9.10. The third kappa shape index (κ3) is 13.3. The van der Waals surface area contributed by atoms with Crippen molar-refractivity contribution in [3.63, 3.8) is 0 Å². The zero-order chi connectivity index (χ0) is 41.5. The van der Waals surface area contributed by atoms with Gasteiger partial charge in [-0.1, -0.05) is 196 Å². The van der Waals surface area contributed by atoms with Crippen LogP contribution < -0.4 is 10.2 Å². The first-order valence-corrected chi connectivity index (χ1v) is 19.6. The van der Waals surface area contributed by atoms with Gasteiger partial charge in [0.1, 0.15) is 0 Å². The molecule has 290 valence electrons. The van der Waals surface area contributed by atoms with Gasteiger partial charge in [-0.05, 0) is 115 Å². The maximum Gasteiger partial charge on any atom is 0.0462 e. The topological polar surface area (TPSA) is 15.3 Å². The monoisotopic (exact) mass is 756 g/mol. The van der Waals surface area contributed by atoms with Gasteiger partial charge >= 0.3 is 0 Å². The molecule has 0 unspecified atom stereocenters. The van der Waals surface area contributed by atoms with Gasteiger partial charge in [0, 0.05) is 28.5 Å². The minimum atomic E-state index is 0.919. The molecule has 5 aromatic rings. The van der Waals surface area contributed by atoms with Crippen LogP contribution in [0.2, 0.25) is 0 Å². The number of allylic oxidation sites excluding steroid dienone is 16. The molecule has 2 heteroatoms. The average molecular weight is 757 g/mol. The Hall–Kier alpha value is -7.16. The van der Waals surface area contributed by atoms with Gasteiger partial charge in [-0.15, -0.1) is 0 Å². The Kier molecular flexibility index (Phi) is 17.8. The fourth-order valence-corrected chi connectivity index (χ4v) is 5.90. The highest BCUT2D eigenvalue weighted by atomic mass is 15.1. The van der Waals surface area contributed by atoms with E-state index in [1.165, 1.54) is 22.3 Å². The van der Waals surface area contributed by atoms with Gasteiger partial charge in [0.25, 0.3) is 0 Å². The molecule has 5 aromatic carbocycles. The predicted molar refractivity (Wildman–Crippen MR) is 257 cm³/mol. The average Bonchev–Trinajstić information content (AvgIpc) is 3.27. The maximum atomic E-state index is 4.39. The maximum absolute atomic E-state index is 4.39. The van der Waals surface area contributed by atoms with Crippen molar-refractivity contribution >= 4 is 22.6 Å². The van der Waals surface area contributed by atoms with Crippen molar-refractivity contribution < 1.29 is 0 Å². The smallest absolute Gasteiger partial charge is 0.0462 e. The Morgan fingerprint density at radius 3 is 1.40 bits per heavy atom. The van der Waals surface area contributed by atoms with Crippen molar-refractivity contribution in [1.29, 1.82) is 0 Å². The van der Waals surface area contributed by atoms with Crippen molar-refractivity contribution in [2.45, 2.75) is 27.7 Å². The van der Waals surface area contributed by atoms with Crippen LogP contribution in [0.1, 0.15) is 33.3 Å². The molecule has 0 fully saturated rings. The van der Waals surface area contributed by atoms with Crippen molar-refractivity contribution in [2.75, 3.05) is 4.90 Å². The summed E-state index contributed by atoms with van der Waals surface area (Å²) < 4.78 is 0. The lowest BCUT2D eigenvalue weighted by molar-refractivity contribution is 1.03. The largest absolute Gasteiger partial charge is 0.356 e. The fraction of sp³-hybridized carbons (Fsp3) is 0.0714. The summed E-state index contributed by atoms with van der Waals surface area (Å²) in [6, 6.07) is 47.1. The molecule has 0 aliphatic rings. The fourth-order valence-electron chi connectivity index (χ4n) is 5.90. The van der Waals surface area contributed by atoms with E-state index in [0.29, 0.717) is 0 Å². The highest BCUT2D eigenvalue weighted by Gasteiger charge is 2.14. The van der Waals surface area contributed by atoms with Gasteiger partial charge in [-0.2, -0.15) is 0 Å². The number of rotatable bonds is 16. The van der Waals surface area contributed by atoms with E-state index in [1.54, 1.807) is 12.2 Å². The lowest BCUT2D eigenvalue weighted by atomic mass is 10.0. The van der Waals surface area contributed by atoms with Crippen molar-refractivity contribution in [3.05, 3.63) is 267 Å². The van der Waals surface area contributed by atoms with Crippen LogP contribution >= 0.6 is 0 Å².